The van der Waals surface area contributed by atoms with Crippen molar-refractivity contribution in [3.8, 4) is 0 Å². The van der Waals surface area contributed by atoms with E-state index >= 15 is 0 Å². The molecule has 4 rings (SSSR count). The zero-order valence-electron chi connectivity index (χ0n) is 16.4. The Morgan fingerprint density at radius 3 is 2.71 bits per heavy atom. The molecule has 148 valence electrons. The minimum absolute atomic E-state index is 0.157. The molecule has 0 spiro atoms. The smallest absolute Gasteiger partial charge is 0.310 e. The molecule has 8 nitrogen and oxygen atoms in total. The van der Waals surface area contributed by atoms with Crippen LogP contribution >= 0.6 is 0 Å². The molecule has 3 aliphatic rings. The van der Waals surface area contributed by atoms with Crippen molar-refractivity contribution in [2.24, 2.45) is 5.10 Å². The molecule has 2 fully saturated rings. The van der Waals surface area contributed by atoms with Crippen molar-refractivity contribution in [1.82, 2.24) is 25.0 Å². The Morgan fingerprint density at radius 2 is 2.00 bits per heavy atom. The maximum atomic E-state index is 13.2. The van der Waals surface area contributed by atoms with Crippen molar-refractivity contribution in [3.05, 3.63) is 48.0 Å². The predicted octanol–water partition coefficient (Wildman–Crippen LogP) is 1.23. The van der Waals surface area contributed by atoms with Crippen LogP contribution in [0, 0.1) is 0 Å². The highest BCUT2D eigenvalue weighted by Gasteiger charge is 2.56. The number of nitrogens with one attached hydrogen (secondary N) is 1. The molecule has 3 atom stereocenters. The Bertz CT molecular complexity index is 823. The fourth-order valence-corrected chi connectivity index (χ4v) is 4.12. The number of allylic oxidation sites excluding steroid dienone is 1. The lowest BCUT2D eigenvalue weighted by molar-refractivity contribution is -0.138. The first-order chi connectivity index (χ1) is 13.5. The Morgan fingerprint density at radius 1 is 1.25 bits per heavy atom. The molecular weight excluding hydrogens is 356 g/mol. The van der Waals surface area contributed by atoms with Crippen molar-refractivity contribution in [2.75, 3.05) is 20.1 Å². The highest BCUT2D eigenvalue weighted by atomic mass is 16.2. The van der Waals surface area contributed by atoms with Crippen LogP contribution < -0.4 is 5.32 Å². The Balaban J connectivity index is 1.62. The number of benzene rings is 1. The lowest BCUT2D eigenvalue weighted by Crippen LogP contribution is -2.66. The third-order valence-electron chi connectivity index (χ3n) is 5.46. The Kier molecular flexibility index (Phi) is 4.91. The van der Waals surface area contributed by atoms with Crippen LogP contribution in [0.1, 0.15) is 19.4 Å². The number of nitrogens with zero attached hydrogens (tertiary/aromatic N) is 5. The van der Waals surface area contributed by atoms with E-state index in [-0.39, 0.29) is 24.4 Å². The van der Waals surface area contributed by atoms with Gasteiger partial charge in [0.2, 0.25) is 0 Å². The van der Waals surface area contributed by atoms with Gasteiger partial charge in [0.05, 0.1) is 6.54 Å². The fourth-order valence-electron chi connectivity index (χ4n) is 4.12. The van der Waals surface area contributed by atoms with E-state index in [9.17, 15) is 9.59 Å². The molecule has 0 radical (unpaired) electrons. The first kappa shape index (κ1) is 18.6. The number of rotatable bonds is 4. The summed E-state index contributed by atoms with van der Waals surface area (Å²) in [6.07, 6.45) is 3.07. The van der Waals surface area contributed by atoms with Gasteiger partial charge in [-0.15, -0.1) is 0 Å². The number of hydrogen-bond donors (Lipinski definition) is 1. The third-order valence-corrected chi connectivity index (χ3v) is 5.46. The molecule has 8 heteroatoms. The zero-order chi connectivity index (χ0) is 19.8. The number of fused-ring (bicyclic) bond motifs is 3. The molecule has 3 amide bonds. The number of hydrazone groups is 1. The predicted molar refractivity (Wildman–Crippen MR) is 106 cm³/mol. The molecule has 3 heterocycles. The molecular formula is C20H26N6O2. The maximum Gasteiger partial charge on any atom is 0.328 e. The lowest BCUT2D eigenvalue weighted by atomic mass is 10.1. The van der Waals surface area contributed by atoms with Crippen molar-refractivity contribution in [1.29, 1.82) is 0 Å². The van der Waals surface area contributed by atoms with Crippen LogP contribution in [-0.2, 0) is 11.3 Å². The van der Waals surface area contributed by atoms with Crippen LogP contribution in [0.15, 0.2) is 47.6 Å². The minimum Gasteiger partial charge on any atom is -0.310 e. The molecule has 0 bridgehead atoms. The van der Waals surface area contributed by atoms with Crippen molar-refractivity contribution in [3.63, 3.8) is 0 Å². The van der Waals surface area contributed by atoms with E-state index in [4.69, 9.17) is 5.10 Å². The van der Waals surface area contributed by atoms with E-state index in [0.29, 0.717) is 19.6 Å². The summed E-state index contributed by atoms with van der Waals surface area (Å²) in [7, 11) is 1.75. The third kappa shape index (κ3) is 3.08. The van der Waals surface area contributed by atoms with E-state index in [0.717, 1.165) is 11.3 Å². The van der Waals surface area contributed by atoms with Gasteiger partial charge in [-0.05, 0) is 19.4 Å². The van der Waals surface area contributed by atoms with Crippen molar-refractivity contribution in [2.45, 2.75) is 38.9 Å². The molecule has 3 aliphatic heterocycles. The summed E-state index contributed by atoms with van der Waals surface area (Å²) in [4.78, 5) is 31.0. The molecule has 2 saturated heterocycles. The summed E-state index contributed by atoms with van der Waals surface area (Å²) in [5.74, 6) is -0.157. The summed E-state index contributed by atoms with van der Waals surface area (Å²) in [6, 6.07) is 9.42. The summed E-state index contributed by atoms with van der Waals surface area (Å²) in [6.45, 7) is 5.36. The molecule has 28 heavy (non-hydrogen) atoms. The van der Waals surface area contributed by atoms with Crippen LogP contribution in [0.3, 0.4) is 0 Å². The van der Waals surface area contributed by atoms with Gasteiger partial charge in [-0.25, -0.2) is 9.69 Å². The zero-order valence-corrected chi connectivity index (χ0v) is 16.4. The van der Waals surface area contributed by atoms with Gasteiger partial charge in [-0.2, -0.15) is 5.10 Å². The first-order valence-corrected chi connectivity index (χ1v) is 9.57. The number of carbonyl (C=O) groups excluding carboxylic acids is 2. The second kappa shape index (κ2) is 7.37. The monoisotopic (exact) mass is 382 g/mol. The van der Waals surface area contributed by atoms with Crippen LogP contribution in [0.4, 0.5) is 4.79 Å². The van der Waals surface area contributed by atoms with Crippen LogP contribution in [0.5, 0.6) is 0 Å². The van der Waals surface area contributed by atoms with Gasteiger partial charge in [0.1, 0.15) is 12.2 Å². The fraction of sp³-hybridized carbons (Fsp3) is 0.450. The normalized spacial score (nSPS) is 28.0. The number of carbonyl (C=O) groups is 2. The molecule has 0 aromatic heterocycles. The number of imide groups is 1. The Hall–Kier alpha value is -2.71. The van der Waals surface area contributed by atoms with E-state index in [2.05, 4.69) is 22.3 Å². The van der Waals surface area contributed by atoms with Gasteiger partial charge in [-0.3, -0.25) is 20.0 Å². The largest absolute Gasteiger partial charge is 0.328 e. The van der Waals surface area contributed by atoms with E-state index in [1.807, 2.05) is 49.2 Å². The molecule has 1 aromatic carbocycles. The van der Waals surface area contributed by atoms with E-state index in [1.54, 1.807) is 11.9 Å². The highest BCUT2D eigenvalue weighted by molar-refractivity contribution is 6.01. The van der Waals surface area contributed by atoms with Crippen molar-refractivity contribution >= 4 is 17.6 Å². The number of amides is 3. The summed E-state index contributed by atoms with van der Waals surface area (Å²) >= 11 is 0. The second-order valence-electron chi connectivity index (χ2n) is 7.43. The Labute approximate surface area is 165 Å². The summed E-state index contributed by atoms with van der Waals surface area (Å²) in [5.41, 5.74) is 2.09. The first-order valence-electron chi connectivity index (χ1n) is 9.57. The molecule has 1 aromatic rings. The van der Waals surface area contributed by atoms with Gasteiger partial charge < -0.3 is 4.90 Å². The van der Waals surface area contributed by atoms with Gasteiger partial charge >= 0.3 is 6.03 Å². The molecule has 3 unspecified atom stereocenters. The van der Waals surface area contributed by atoms with Crippen LogP contribution in [0.25, 0.3) is 0 Å². The van der Waals surface area contributed by atoms with Gasteiger partial charge in [-0.1, -0.05) is 42.5 Å². The molecule has 0 saturated carbocycles. The van der Waals surface area contributed by atoms with Gasteiger partial charge in [0, 0.05) is 25.8 Å². The SMILES string of the molecule is C/C=C/CN1C(=O)C2C(NC3N(Cc4ccccc4)N=C(C)CN23)N(C)C1=O. The van der Waals surface area contributed by atoms with Gasteiger partial charge in [0.25, 0.3) is 5.91 Å². The maximum absolute atomic E-state index is 13.2. The topological polar surface area (TPSA) is 71.5 Å². The number of urea groups is 1. The number of hydrogen-bond acceptors (Lipinski definition) is 6. The quantitative estimate of drug-likeness (QED) is 0.793. The highest BCUT2D eigenvalue weighted by Crippen LogP contribution is 2.30. The van der Waals surface area contributed by atoms with Crippen LogP contribution in [0.2, 0.25) is 0 Å². The average molecular weight is 382 g/mol. The van der Waals surface area contributed by atoms with E-state index in [1.165, 1.54) is 4.90 Å². The lowest BCUT2D eigenvalue weighted by Gasteiger charge is -2.42. The van der Waals surface area contributed by atoms with E-state index < -0.39 is 6.04 Å². The molecule has 0 aliphatic carbocycles. The van der Waals surface area contributed by atoms with Crippen molar-refractivity contribution < 1.29 is 9.59 Å². The summed E-state index contributed by atoms with van der Waals surface area (Å²) in [5, 5.41) is 10.1. The minimum atomic E-state index is -0.429. The average Bonchev–Trinajstić information content (AvgIpc) is 3.07. The van der Waals surface area contributed by atoms with Gasteiger partial charge in [0.15, 0.2) is 6.29 Å². The summed E-state index contributed by atoms with van der Waals surface area (Å²) < 4.78 is 0. The standard InChI is InChI=1S/C20H26N6O2/c1-4-5-11-24-18(27)16-17(23(3)20(24)28)21-19-25(16)12-14(2)22-26(19)13-15-9-7-6-8-10-15/h4-10,16-17,19,21H,11-13H2,1-3H3/b5-4+. The molecule has 1 N–H and O–H groups in total. The van der Waals surface area contributed by atoms with Crippen LogP contribution in [-0.4, -0.2) is 76.0 Å². The number of likely N-dealkylation sites (N-methyl/N-ethyl adjacent to an activating group) is 1. The second-order valence-corrected chi connectivity index (χ2v) is 7.43.